The van der Waals surface area contributed by atoms with Crippen molar-refractivity contribution in [3.8, 4) is 11.4 Å². The van der Waals surface area contributed by atoms with Crippen LogP contribution < -0.4 is 0 Å². The van der Waals surface area contributed by atoms with Crippen molar-refractivity contribution >= 4 is 37.6 Å². The highest BCUT2D eigenvalue weighted by Gasteiger charge is 2.61. The summed E-state index contributed by atoms with van der Waals surface area (Å²) in [7, 11) is -5.75. The first-order valence-electron chi connectivity index (χ1n) is 22.7. The van der Waals surface area contributed by atoms with Gasteiger partial charge in [-0.2, -0.15) is 20.4 Å². The fourth-order valence-electron chi connectivity index (χ4n) is 10.6. The van der Waals surface area contributed by atoms with Crippen molar-refractivity contribution in [1.29, 1.82) is 0 Å². The SMILES string of the molecule is Cc1ccnc(C(=O)[C@]23Cc4cnn(-c5ccc(F)cc5)c4C=C2CC[C@](F)(S(=O)(=O)c2ccn(C)n2)C3)c1.Cn1ccc(S(=O)(=O)[C@@]2(F)CCC3=Cc4c(cnn4-c4ccc(F)cc4)C[C@]3(CO)C2)n1. The number of benzene rings is 2. The summed E-state index contributed by atoms with van der Waals surface area (Å²) in [6, 6.07) is 17.7. The number of allylic oxidation sites excluding steroid dienone is 1. The number of aliphatic hydroxyl groups excluding tert-OH is 1. The monoisotopic (exact) mass is 1010 g/mol. The van der Waals surface area contributed by atoms with Crippen LogP contribution in [0.2, 0.25) is 0 Å². The van der Waals surface area contributed by atoms with Crippen LogP contribution in [0.15, 0.2) is 125 Å². The normalized spacial score (nSPS) is 23.8. The Balaban J connectivity index is 0.000000167. The predicted molar refractivity (Wildman–Crippen MR) is 252 cm³/mol. The Morgan fingerprint density at radius 1 is 0.690 bits per heavy atom. The number of carbonyl (C=O) groups excluding carboxylic acids is 1. The Morgan fingerprint density at radius 3 is 1.68 bits per heavy atom. The molecule has 0 amide bonds. The van der Waals surface area contributed by atoms with E-state index in [9.17, 15) is 35.5 Å². The molecule has 0 saturated heterocycles. The van der Waals surface area contributed by atoms with Crippen LogP contribution in [0.3, 0.4) is 0 Å². The second-order valence-electron chi connectivity index (χ2n) is 18.9. The molecule has 4 aliphatic rings. The summed E-state index contributed by atoms with van der Waals surface area (Å²) < 4.78 is 119. The maximum atomic E-state index is 16.8. The topological polar surface area (TPSA) is 190 Å². The van der Waals surface area contributed by atoms with Gasteiger partial charge in [0.15, 0.2) is 15.8 Å². The van der Waals surface area contributed by atoms with Gasteiger partial charge >= 0.3 is 0 Å². The average Bonchev–Trinajstić information content (AvgIpc) is 4.18. The van der Waals surface area contributed by atoms with E-state index in [-0.39, 0.29) is 78.9 Å². The first-order chi connectivity index (χ1) is 33.7. The van der Waals surface area contributed by atoms with Crippen LogP contribution in [0, 0.1) is 29.4 Å². The zero-order valence-electron chi connectivity index (χ0n) is 38.7. The number of fused-ring (bicyclic) bond motifs is 4. The molecular weight excluding hydrogens is 963 g/mol. The number of hydrogen-bond acceptors (Lipinski definition) is 11. The highest BCUT2D eigenvalue weighted by atomic mass is 32.2. The minimum absolute atomic E-state index is 0.0359. The lowest BCUT2D eigenvalue weighted by atomic mass is 9.61. The van der Waals surface area contributed by atoms with Gasteiger partial charge < -0.3 is 5.11 Å². The summed E-state index contributed by atoms with van der Waals surface area (Å²) in [4.78, 5) is 18.5. The Kier molecular flexibility index (Phi) is 11.6. The van der Waals surface area contributed by atoms with Gasteiger partial charge in [-0.1, -0.05) is 11.1 Å². The molecule has 2 aromatic carbocycles. The number of aliphatic hydroxyl groups is 1. The van der Waals surface area contributed by atoms with Crippen molar-refractivity contribution in [3.63, 3.8) is 0 Å². The number of aryl methyl sites for hydroxylation is 3. The molecule has 71 heavy (non-hydrogen) atoms. The summed E-state index contributed by atoms with van der Waals surface area (Å²) in [6.07, 6.45) is 10.3. The molecule has 0 aliphatic heterocycles. The van der Waals surface area contributed by atoms with Crippen molar-refractivity contribution < 1.29 is 44.3 Å². The van der Waals surface area contributed by atoms with E-state index in [1.165, 1.54) is 64.4 Å². The third-order valence-electron chi connectivity index (χ3n) is 14.3. The fourth-order valence-corrected chi connectivity index (χ4v) is 13.9. The van der Waals surface area contributed by atoms with Gasteiger partial charge in [-0.15, -0.1) is 0 Å². The smallest absolute Gasteiger partial charge is 0.232 e. The van der Waals surface area contributed by atoms with E-state index in [0.29, 0.717) is 28.2 Å². The number of hydrogen-bond donors (Lipinski definition) is 1. The molecule has 0 bridgehead atoms. The number of aromatic nitrogens is 9. The van der Waals surface area contributed by atoms with Crippen molar-refractivity contribution in [2.45, 2.75) is 78.3 Å². The lowest BCUT2D eigenvalue weighted by Crippen LogP contribution is -2.50. The van der Waals surface area contributed by atoms with Gasteiger partial charge in [-0.05, 0) is 134 Å². The highest BCUT2D eigenvalue weighted by molar-refractivity contribution is 7.92. The molecule has 2 fully saturated rings. The largest absolute Gasteiger partial charge is 0.395 e. The number of Topliss-reactive ketones (excluding diaryl/α,β-unsaturated/α-hetero) is 1. The van der Waals surface area contributed by atoms with Crippen LogP contribution in [-0.2, 0) is 46.6 Å². The second kappa shape index (κ2) is 17.2. The quantitative estimate of drug-likeness (QED) is 0.111. The maximum Gasteiger partial charge on any atom is 0.232 e. The number of nitrogens with zero attached hydrogens (tertiary/aromatic N) is 9. The summed E-state index contributed by atoms with van der Waals surface area (Å²) >= 11 is 0. The number of ketones is 1. The molecular formula is C50H47F4N9O6S2. The predicted octanol–water partition coefficient (Wildman–Crippen LogP) is 7.57. The number of rotatable bonds is 9. The Morgan fingerprint density at radius 2 is 1.18 bits per heavy atom. The highest BCUT2D eigenvalue weighted by Crippen LogP contribution is 2.57. The molecule has 7 aromatic rings. The summed E-state index contributed by atoms with van der Waals surface area (Å²) in [6.45, 7) is 1.44. The Labute approximate surface area is 406 Å². The number of sulfone groups is 2. The average molecular weight is 1010 g/mol. The molecule has 4 aliphatic carbocycles. The van der Waals surface area contributed by atoms with Crippen LogP contribution in [0.4, 0.5) is 17.6 Å². The number of alkyl halides is 2. The van der Waals surface area contributed by atoms with E-state index in [2.05, 4.69) is 25.4 Å². The standard InChI is InChI=1S/C28H25F2N5O3S.C22H22F2N4O3S/c1-18-8-11-31-23(13-18)26(36)27-15-19-16-32-35(22-5-3-21(29)4-6-22)24(19)14-20(27)7-10-28(30,17-27)39(37,38)25-9-12-34(2)33-25;1-27-9-7-20(26-27)32(30,31)22(24)8-6-16-10-19-15(11-21(16,13-22)14-29)12-25-28(19)18-4-2-17(23)3-5-18/h3-6,8-9,11-14,16H,7,10,15,17H2,1-2H3;2-5,7,9-10,12,29H,6,8,11,13-14H2,1H3/t27-,28-;21-,22+/m01/s1. The first kappa shape index (κ1) is 47.8. The third-order valence-corrected chi connectivity index (χ3v) is 18.5. The van der Waals surface area contributed by atoms with Crippen molar-refractivity contribution in [2.75, 3.05) is 6.61 Å². The number of pyridine rings is 1. The molecule has 15 nitrogen and oxygen atoms in total. The Hall–Kier alpha value is -6.84. The molecule has 11 rings (SSSR count). The van der Waals surface area contributed by atoms with Crippen LogP contribution in [0.25, 0.3) is 23.5 Å². The van der Waals surface area contributed by atoms with E-state index in [1.807, 2.05) is 13.0 Å². The van der Waals surface area contributed by atoms with Gasteiger partial charge in [0.05, 0.1) is 47.2 Å². The summed E-state index contributed by atoms with van der Waals surface area (Å²) in [5, 5.41) is 21.1. The van der Waals surface area contributed by atoms with E-state index in [4.69, 9.17) is 0 Å². The van der Waals surface area contributed by atoms with Crippen molar-refractivity contribution in [1.82, 2.24) is 44.1 Å². The molecule has 4 atom stereocenters. The lowest BCUT2D eigenvalue weighted by Gasteiger charge is -2.46. The second-order valence-corrected chi connectivity index (χ2v) is 23.2. The molecule has 0 unspecified atom stereocenters. The van der Waals surface area contributed by atoms with E-state index < -0.39 is 52.7 Å². The minimum atomic E-state index is -4.53. The van der Waals surface area contributed by atoms with E-state index in [0.717, 1.165) is 22.4 Å². The molecule has 2 saturated carbocycles. The fraction of sp³-hybridized carbons (Fsp3) is 0.320. The van der Waals surface area contributed by atoms with Crippen molar-refractivity contribution in [3.05, 3.63) is 160 Å². The summed E-state index contributed by atoms with van der Waals surface area (Å²) in [5.74, 6) is -1.17. The van der Waals surface area contributed by atoms with Crippen molar-refractivity contribution in [2.24, 2.45) is 24.9 Å². The lowest BCUT2D eigenvalue weighted by molar-refractivity contribution is 0.0667. The van der Waals surface area contributed by atoms with E-state index in [1.54, 1.807) is 78.3 Å². The van der Waals surface area contributed by atoms with Crippen LogP contribution in [-0.4, -0.2) is 88.4 Å². The molecule has 0 spiro atoms. The molecule has 1 N–H and O–H groups in total. The van der Waals surface area contributed by atoms with Gasteiger partial charge in [0.1, 0.15) is 17.3 Å². The number of carbonyl (C=O) groups is 1. The summed E-state index contributed by atoms with van der Waals surface area (Å²) in [5.41, 5.74) is 4.03. The van der Waals surface area contributed by atoms with Gasteiger partial charge in [-0.3, -0.25) is 19.1 Å². The maximum absolute atomic E-state index is 16.8. The van der Waals surface area contributed by atoms with Gasteiger partial charge in [0.2, 0.25) is 29.7 Å². The van der Waals surface area contributed by atoms with Crippen LogP contribution >= 0.6 is 0 Å². The molecule has 5 aromatic heterocycles. The third kappa shape index (κ3) is 7.97. The molecule has 0 radical (unpaired) electrons. The zero-order chi connectivity index (χ0) is 50.3. The van der Waals surface area contributed by atoms with Gasteiger partial charge in [0.25, 0.3) is 0 Å². The number of halogens is 4. The van der Waals surface area contributed by atoms with Crippen LogP contribution in [0.5, 0.6) is 0 Å². The first-order valence-corrected chi connectivity index (χ1v) is 25.7. The molecule has 5 heterocycles. The Bertz CT molecular complexity index is 3550. The zero-order valence-corrected chi connectivity index (χ0v) is 40.3. The van der Waals surface area contributed by atoms with E-state index >= 15 is 8.78 Å². The van der Waals surface area contributed by atoms with Gasteiger partial charge in [0, 0.05) is 63.8 Å². The van der Waals surface area contributed by atoms with Gasteiger partial charge in [-0.25, -0.2) is 43.8 Å². The molecule has 21 heteroatoms. The molecule has 368 valence electrons. The van der Waals surface area contributed by atoms with Crippen LogP contribution in [0.1, 0.15) is 77.1 Å². The minimum Gasteiger partial charge on any atom is -0.395 e.